The highest BCUT2D eigenvalue weighted by molar-refractivity contribution is 7.48. The predicted octanol–water partition coefficient (Wildman–Crippen LogP) is 5.95. The maximum atomic E-state index is 14.1. The van der Waals surface area contributed by atoms with E-state index in [-0.39, 0.29) is 25.6 Å². The zero-order chi connectivity index (χ0) is 33.9. The number of esters is 1. The Kier molecular flexibility index (Phi) is 12.7. The number of rotatable bonds is 15. The highest BCUT2D eigenvalue weighted by Crippen LogP contribution is 2.53. The van der Waals surface area contributed by atoms with Crippen LogP contribution in [0.25, 0.3) is 0 Å². The van der Waals surface area contributed by atoms with E-state index < -0.39 is 57.2 Å². The molecule has 11 nitrogen and oxygen atoms in total. The molecule has 0 bridgehead atoms. The summed E-state index contributed by atoms with van der Waals surface area (Å²) in [5, 5.41) is 1.75. The molecule has 0 aromatic heterocycles. The van der Waals surface area contributed by atoms with Crippen LogP contribution in [0.15, 0.2) is 103 Å². The highest BCUT2D eigenvalue weighted by Gasteiger charge is 2.53. The third-order valence-electron chi connectivity index (χ3n) is 6.53. The van der Waals surface area contributed by atoms with Crippen LogP contribution in [0, 0.1) is 0 Å². The van der Waals surface area contributed by atoms with Crippen molar-refractivity contribution in [3.63, 3.8) is 0 Å². The first-order valence-corrected chi connectivity index (χ1v) is 15.7. The van der Waals surface area contributed by atoms with E-state index in [1.807, 2.05) is 0 Å². The smallest absolute Gasteiger partial charge is 0.463 e. The number of nitrogens with one attached hydrogen (secondary N) is 1. The highest BCUT2D eigenvalue weighted by atomic mass is 31.2. The minimum Gasteiger partial charge on any atom is -0.463 e. The number of benzene rings is 3. The number of hydrogen-bond acceptors (Lipinski definition) is 10. The van der Waals surface area contributed by atoms with Gasteiger partial charge in [-0.1, -0.05) is 97.6 Å². The van der Waals surface area contributed by atoms with Crippen molar-refractivity contribution < 1.29 is 59.8 Å². The average Bonchev–Trinajstić information content (AvgIpc) is 3.05. The molecule has 1 fully saturated rings. The van der Waals surface area contributed by atoms with E-state index in [0.717, 1.165) is 12.5 Å². The van der Waals surface area contributed by atoms with Crippen LogP contribution in [0.4, 0.5) is 13.2 Å². The van der Waals surface area contributed by atoms with Gasteiger partial charge in [-0.2, -0.15) is 13.2 Å². The largest absolute Gasteiger partial charge is 0.478 e. The van der Waals surface area contributed by atoms with Crippen LogP contribution in [0.3, 0.4) is 0 Å². The van der Waals surface area contributed by atoms with Gasteiger partial charge >= 0.3 is 25.9 Å². The molecule has 1 amide bonds. The zero-order valence-corrected chi connectivity index (χ0v) is 26.1. The first-order chi connectivity index (χ1) is 22.4. The lowest BCUT2D eigenvalue weighted by molar-refractivity contribution is -0.224. The number of amides is 1. The second-order valence-corrected chi connectivity index (χ2v) is 11.8. The molecule has 1 aliphatic heterocycles. The molecule has 0 spiro atoms. The predicted molar refractivity (Wildman–Crippen MR) is 160 cm³/mol. The Labute approximate surface area is 269 Å². The lowest BCUT2D eigenvalue weighted by Crippen LogP contribution is -2.63. The van der Waals surface area contributed by atoms with Crippen LogP contribution in [-0.2, 0) is 66.5 Å². The third kappa shape index (κ3) is 11.0. The normalized spacial score (nSPS) is 19.9. The first kappa shape index (κ1) is 35.8. The van der Waals surface area contributed by atoms with E-state index in [4.69, 9.17) is 32.5 Å². The van der Waals surface area contributed by atoms with Crippen molar-refractivity contribution in [3.8, 4) is 0 Å². The van der Waals surface area contributed by atoms with Gasteiger partial charge in [-0.15, -0.1) is 0 Å². The van der Waals surface area contributed by atoms with E-state index in [1.165, 1.54) is 0 Å². The summed E-state index contributed by atoms with van der Waals surface area (Å²) in [4.78, 5) is 24.2. The Balaban J connectivity index is 1.62. The molecular weight excluding hydrogens is 646 g/mol. The molecule has 3 aromatic carbocycles. The van der Waals surface area contributed by atoms with Crippen LogP contribution >= 0.6 is 7.82 Å². The number of hydrogen-bond donors (Lipinski definition) is 1. The summed E-state index contributed by atoms with van der Waals surface area (Å²) in [6.45, 7) is 3.68. The molecule has 4 rings (SSSR count). The van der Waals surface area contributed by atoms with Gasteiger partial charge in [-0.3, -0.25) is 18.6 Å². The maximum absolute atomic E-state index is 14.1. The Hall–Kier alpha value is -4.04. The van der Waals surface area contributed by atoms with Crippen molar-refractivity contribution >= 4 is 19.7 Å². The average molecular weight is 680 g/mol. The van der Waals surface area contributed by atoms with Gasteiger partial charge < -0.3 is 24.3 Å². The van der Waals surface area contributed by atoms with E-state index >= 15 is 0 Å². The fourth-order valence-electron chi connectivity index (χ4n) is 4.33. The fourth-order valence-corrected chi connectivity index (χ4v) is 5.57. The van der Waals surface area contributed by atoms with Gasteiger partial charge in [0.1, 0.15) is 24.7 Å². The summed E-state index contributed by atoms with van der Waals surface area (Å²) < 4.78 is 93.6. The number of phosphoric acid groups is 1. The second-order valence-electron chi connectivity index (χ2n) is 10.1. The van der Waals surface area contributed by atoms with Crippen LogP contribution in [0.1, 0.15) is 23.6 Å². The topological polar surface area (TPSA) is 128 Å². The molecule has 4 atom stereocenters. The van der Waals surface area contributed by atoms with Crippen molar-refractivity contribution in [1.29, 1.82) is 0 Å². The minimum absolute atomic E-state index is 0.0542. The van der Waals surface area contributed by atoms with Crippen molar-refractivity contribution in [2.45, 2.75) is 57.5 Å². The summed E-state index contributed by atoms with van der Waals surface area (Å²) in [5.74, 6) is -3.60. The molecule has 1 aliphatic rings. The van der Waals surface area contributed by atoms with Gasteiger partial charge in [0.2, 0.25) is 6.29 Å². The summed E-state index contributed by atoms with van der Waals surface area (Å²) in [6.07, 6.45) is -10.5. The standard InChI is InChI=1S/C32H33F3NO10P/c1-22-28(45-23(2)37)29(41-21-40-18-24-12-6-3-7-13-24)27(36-31(38)32(33,34)35)30(44-22)46-47(39,42-19-25-14-8-4-9-15-25)43-20-26-16-10-5-11-17-26/h3-17,27-30H,1,18-21H2,2H3,(H,36,38)/t27?,28-,29?,30-/m1/s1. The quantitative estimate of drug-likeness (QED) is 0.0891. The van der Waals surface area contributed by atoms with Crippen LogP contribution in [-0.4, -0.2) is 49.4 Å². The van der Waals surface area contributed by atoms with E-state index in [0.29, 0.717) is 11.1 Å². The molecule has 0 saturated carbocycles. The van der Waals surface area contributed by atoms with E-state index in [9.17, 15) is 27.3 Å². The van der Waals surface area contributed by atoms with Crippen molar-refractivity contribution in [2.75, 3.05) is 6.79 Å². The molecule has 15 heteroatoms. The lowest BCUT2D eigenvalue weighted by atomic mass is 10.00. The van der Waals surface area contributed by atoms with Crippen LogP contribution in [0.2, 0.25) is 0 Å². The van der Waals surface area contributed by atoms with Gasteiger partial charge in [-0.25, -0.2) is 9.09 Å². The van der Waals surface area contributed by atoms with Crippen molar-refractivity contribution in [2.24, 2.45) is 0 Å². The summed E-state index contributed by atoms with van der Waals surface area (Å²) in [5.41, 5.74) is 1.91. The Morgan fingerprint density at radius 3 is 1.81 bits per heavy atom. The molecule has 3 aromatic rings. The number of alkyl halides is 3. The molecule has 1 saturated heterocycles. The Bertz CT molecular complexity index is 1460. The monoisotopic (exact) mass is 679 g/mol. The number of halogens is 3. The minimum atomic E-state index is -5.36. The Morgan fingerprint density at radius 1 is 0.851 bits per heavy atom. The molecule has 47 heavy (non-hydrogen) atoms. The fraction of sp³-hybridized carbons (Fsp3) is 0.312. The molecular formula is C32H33F3NO10P. The zero-order valence-electron chi connectivity index (χ0n) is 25.2. The molecule has 2 unspecified atom stereocenters. The third-order valence-corrected chi connectivity index (χ3v) is 7.89. The van der Waals surface area contributed by atoms with Gasteiger partial charge in [-0.05, 0) is 16.7 Å². The van der Waals surface area contributed by atoms with Crippen molar-refractivity contribution in [3.05, 3.63) is 120 Å². The van der Waals surface area contributed by atoms with Crippen LogP contribution < -0.4 is 5.32 Å². The van der Waals surface area contributed by atoms with E-state index in [2.05, 4.69) is 6.58 Å². The summed E-state index contributed by atoms with van der Waals surface area (Å²) in [7, 11) is -4.71. The van der Waals surface area contributed by atoms with Gasteiger partial charge in [0.25, 0.3) is 0 Å². The molecule has 1 N–H and O–H groups in total. The van der Waals surface area contributed by atoms with Gasteiger partial charge in [0.05, 0.1) is 19.8 Å². The number of carbonyl (C=O) groups is 2. The molecule has 0 aliphatic carbocycles. The second kappa shape index (κ2) is 16.7. The lowest BCUT2D eigenvalue weighted by Gasteiger charge is -2.43. The van der Waals surface area contributed by atoms with Crippen molar-refractivity contribution in [1.82, 2.24) is 5.32 Å². The van der Waals surface area contributed by atoms with Gasteiger partial charge in [0.15, 0.2) is 6.10 Å². The van der Waals surface area contributed by atoms with E-state index in [1.54, 1.807) is 96.3 Å². The first-order valence-electron chi connectivity index (χ1n) is 14.2. The SMILES string of the molecule is C=C1O[C@H](OP(=O)(OCc2ccccc2)OCc2ccccc2)C(NC(=O)C(F)(F)F)C(OCOCc2ccccc2)[C@@H]1OC(C)=O. The summed E-state index contributed by atoms with van der Waals surface area (Å²) in [6, 6.07) is 24.1. The molecule has 252 valence electrons. The van der Waals surface area contributed by atoms with Gasteiger partial charge in [0, 0.05) is 6.92 Å². The molecule has 1 heterocycles. The summed E-state index contributed by atoms with van der Waals surface area (Å²) >= 11 is 0. The Morgan fingerprint density at radius 2 is 1.34 bits per heavy atom. The number of phosphoric ester groups is 1. The molecule has 0 radical (unpaired) electrons. The number of carbonyl (C=O) groups excluding carboxylic acids is 2. The maximum Gasteiger partial charge on any atom is 0.478 e. The number of ether oxygens (including phenoxy) is 4. The van der Waals surface area contributed by atoms with Crippen LogP contribution in [0.5, 0.6) is 0 Å².